The second-order valence-corrected chi connectivity index (χ2v) is 8.58. The van der Waals surface area contributed by atoms with Gasteiger partial charge in [0.15, 0.2) is 5.69 Å². The van der Waals surface area contributed by atoms with Crippen molar-refractivity contribution >= 4 is 29.2 Å². The molecule has 0 atom stereocenters. The molecule has 1 aromatic heterocycles. The van der Waals surface area contributed by atoms with E-state index in [-0.39, 0.29) is 17.7 Å². The smallest absolute Gasteiger partial charge is 0.274 e. The van der Waals surface area contributed by atoms with Crippen molar-refractivity contribution in [3.8, 4) is 0 Å². The van der Waals surface area contributed by atoms with Crippen LogP contribution in [0.15, 0.2) is 30.3 Å². The summed E-state index contributed by atoms with van der Waals surface area (Å²) in [5, 5.41) is 8.06. The third-order valence-corrected chi connectivity index (χ3v) is 6.46. The predicted molar refractivity (Wildman–Crippen MR) is 116 cm³/mol. The number of aryl methyl sites for hydroxylation is 1. The number of carbonyl (C=O) groups excluding carboxylic acids is 2. The lowest BCUT2D eigenvalue weighted by Gasteiger charge is -2.34. The maximum Gasteiger partial charge on any atom is 0.274 e. The van der Waals surface area contributed by atoms with Crippen LogP contribution in [-0.4, -0.2) is 57.6 Å². The van der Waals surface area contributed by atoms with Gasteiger partial charge in [-0.15, -0.1) is 0 Å². The largest absolute Gasteiger partial charge is 0.335 e. The summed E-state index contributed by atoms with van der Waals surface area (Å²) >= 11 is 6.27. The lowest BCUT2D eigenvalue weighted by molar-refractivity contribution is -0.119. The molecule has 2 aromatic rings. The van der Waals surface area contributed by atoms with Gasteiger partial charge >= 0.3 is 0 Å². The van der Waals surface area contributed by atoms with Crippen molar-refractivity contribution < 1.29 is 9.59 Å². The van der Waals surface area contributed by atoms with Crippen molar-refractivity contribution in [2.45, 2.75) is 32.2 Å². The fourth-order valence-corrected chi connectivity index (χ4v) is 4.44. The molecule has 0 radical (unpaired) electrons. The van der Waals surface area contributed by atoms with Crippen molar-refractivity contribution in [1.29, 1.82) is 0 Å². The minimum atomic E-state index is -0.0932. The van der Waals surface area contributed by atoms with Crippen LogP contribution < -0.4 is 5.32 Å². The first-order valence-corrected chi connectivity index (χ1v) is 11.0. The molecule has 2 aliphatic rings. The predicted octanol–water partition coefficient (Wildman–Crippen LogP) is 3.16. The van der Waals surface area contributed by atoms with Crippen molar-refractivity contribution in [2.75, 3.05) is 31.5 Å². The average Bonchev–Trinajstić information content (AvgIpc) is 3.40. The maximum atomic E-state index is 12.9. The standard InChI is InChI=1S/C22H28ClN5O2/c1-26-20(24-21(29)16-6-2-3-7-16)14-19(25-26)22(30)28-12-10-27(11-13-28)15-17-8-4-5-9-18(17)23/h4-5,8-9,14,16H,2-3,6-7,10-13,15H2,1H3,(H,24,29). The molecule has 160 valence electrons. The highest BCUT2D eigenvalue weighted by Crippen LogP contribution is 2.26. The summed E-state index contributed by atoms with van der Waals surface area (Å²) in [5.74, 6) is 0.588. The molecule has 1 saturated heterocycles. The van der Waals surface area contributed by atoms with Crippen LogP contribution in [0.3, 0.4) is 0 Å². The van der Waals surface area contributed by atoms with Crippen molar-refractivity contribution in [1.82, 2.24) is 19.6 Å². The van der Waals surface area contributed by atoms with E-state index < -0.39 is 0 Å². The van der Waals surface area contributed by atoms with Crippen LogP contribution in [-0.2, 0) is 18.4 Å². The highest BCUT2D eigenvalue weighted by molar-refractivity contribution is 6.31. The number of piperazine rings is 1. The molecular weight excluding hydrogens is 402 g/mol. The van der Waals surface area contributed by atoms with Crippen LogP contribution in [0.25, 0.3) is 0 Å². The molecule has 1 aromatic carbocycles. The molecule has 1 N–H and O–H groups in total. The number of aromatic nitrogens is 2. The van der Waals surface area contributed by atoms with E-state index in [1.165, 1.54) is 0 Å². The van der Waals surface area contributed by atoms with Crippen LogP contribution >= 0.6 is 11.6 Å². The second kappa shape index (κ2) is 9.18. The van der Waals surface area contributed by atoms with Gasteiger partial charge in [-0.1, -0.05) is 42.6 Å². The van der Waals surface area contributed by atoms with E-state index in [9.17, 15) is 9.59 Å². The molecule has 0 bridgehead atoms. The lowest BCUT2D eigenvalue weighted by Crippen LogP contribution is -2.48. The van der Waals surface area contributed by atoms with E-state index in [1.807, 2.05) is 29.2 Å². The highest BCUT2D eigenvalue weighted by Gasteiger charge is 2.27. The molecule has 8 heteroatoms. The number of halogens is 1. The monoisotopic (exact) mass is 429 g/mol. The third-order valence-electron chi connectivity index (χ3n) is 6.09. The molecule has 4 rings (SSSR count). The molecule has 2 fully saturated rings. The Hall–Kier alpha value is -2.38. The summed E-state index contributed by atoms with van der Waals surface area (Å²) in [5.41, 5.74) is 1.48. The molecule has 2 amide bonds. The normalized spacial score (nSPS) is 18.0. The lowest BCUT2D eigenvalue weighted by atomic mass is 10.1. The minimum absolute atomic E-state index is 0.0303. The maximum absolute atomic E-state index is 12.9. The minimum Gasteiger partial charge on any atom is -0.335 e. The molecule has 1 aliphatic carbocycles. The van der Waals surface area contributed by atoms with Gasteiger partial charge in [0, 0.05) is 56.8 Å². The second-order valence-electron chi connectivity index (χ2n) is 8.17. The molecule has 0 unspecified atom stereocenters. The van der Waals surface area contributed by atoms with E-state index in [0.29, 0.717) is 24.6 Å². The Morgan fingerprint density at radius 2 is 1.83 bits per heavy atom. The van der Waals surface area contributed by atoms with Crippen molar-refractivity contribution in [3.05, 3.63) is 46.6 Å². The van der Waals surface area contributed by atoms with Gasteiger partial charge in [0.25, 0.3) is 5.91 Å². The summed E-state index contributed by atoms with van der Waals surface area (Å²) in [7, 11) is 1.75. The van der Waals surface area contributed by atoms with Gasteiger partial charge in [-0.05, 0) is 24.5 Å². The van der Waals surface area contributed by atoms with Crippen LogP contribution in [0, 0.1) is 5.92 Å². The van der Waals surface area contributed by atoms with Gasteiger partial charge in [-0.2, -0.15) is 5.10 Å². The number of hydrogen-bond acceptors (Lipinski definition) is 4. The first kappa shape index (κ1) is 20.9. The SMILES string of the molecule is Cn1nc(C(=O)N2CCN(Cc3ccccc3Cl)CC2)cc1NC(=O)C1CCCC1. The Bertz CT molecular complexity index is 914. The van der Waals surface area contributed by atoms with Gasteiger partial charge < -0.3 is 10.2 Å². The average molecular weight is 430 g/mol. The Morgan fingerprint density at radius 3 is 2.53 bits per heavy atom. The topological polar surface area (TPSA) is 70.5 Å². The Labute approximate surface area is 182 Å². The molecule has 7 nitrogen and oxygen atoms in total. The van der Waals surface area contributed by atoms with E-state index in [1.54, 1.807) is 17.8 Å². The first-order chi connectivity index (χ1) is 14.5. The molecule has 0 spiro atoms. The Morgan fingerprint density at radius 1 is 1.13 bits per heavy atom. The number of carbonyl (C=O) groups is 2. The zero-order chi connectivity index (χ0) is 21.1. The summed E-state index contributed by atoms with van der Waals surface area (Å²) in [6.07, 6.45) is 4.09. The molecule has 1 saturated carbocycles. The van der Waals surface area contributed by atoms with Crippen molar-refractivity contribution in [2.24, 2.45) is 13.0 Å². The number of nitrogens with zero attached hydrogens (tertiary/aromatic N) is 4. The number of anilines is 1. The summed E-state index contributed by atoms with van der Waals surface area (Å²) in [6, 6.07) is 9.55. The fraction of sp³-hybridized carbons (Fsp3) is 0.500. The van der Waals surface area contributed by atoms with Crippen LogP contribution in [0.2, 0.25) is 5.02 Å². The zero-order valence-corrected chi connectivity index (χ0v) is 18.1. The zero-order valence-electron chi connectivity index (χ0n) is 17.3. The highest BCUT2D eigenvalue weighted by atomic mass is 35.5. The van der Waals surface area contributed by atoms with Crippen LogP contribution in [0.1, 0.15) is 41.7 Å². The number of hydrogen-bond donors (Lipinski definition) is 1. The number of nitrogens with one attached hydrogen (secondary N) is 1. The van der Waals surface area contributed by atoms with E-state index >= 15 is 0 Å². The van der Waals surface area contributed by atoms with E-state index in [4.69, 9.17) is 11.6 Å². The van der Waals surface area contributed by atoms with Gasteiger partial charge in [0.1, 0.15) is 5.82 Å². The number of benzene rings is 1. The van der Waals surface area contributed by atoms with E-state index in [2.05, 4.69) is 15.3 Å². The van der Waals surface area contributed by atoms with Crippen molar-refractivity contribution in [3.63, 3.8) is 0 Å². The number of amides is 2. The molecule has 1 aliphatic heterocycles. The van der Waals surface area contributed by atoms with Gasteiger partial charge in [-0.3, -0.25) is 19.2 Å². The van der Waals surface area contributed by atoms with Gasteiger partial charge in [0.05, 0.1) is 0 Å². The summed E-state index contributed by atoms with van der Waals surface area (Å²) in [6.45, 7) is 3.64. The van der Waals surface area contributed by atoms with Crippen LogP contribution in [0.5, 0.6) is 0 Å². The summed E-state index contributed by atoms with van der Waals surface area (Å²) < 4.78 is 1.58. The first-order valence-electron chi connectivity index (χ1n) is 10.6. The van der Waals surface area contributed by atoms with E-state index in [0.717, 1.165) is 55.9 Å². The molecule has 2 heterocycles. The van der Waals surface area contributed by atoms with Gasteiger partial charge in [0.2, 0.25) is 5.91 Å². The third kappa shape index (κ3) is 4.68. The molecular formula is C22H28ClN5O2. The van der Waals surface area contributed by atoms with Gasteiger partial charge in [-0.25, -0.2) is 0 Å². The number of rotatable bonds is 5. The Balaban J connectivity index is 1.33. The van der Waals surface area contributed by atoms with Crippen LogP contribution in [0.4, 0.5) is 5.82 Å². The molecule has 30 heavy (non-hydrogen) atoms. The quantitative estimate of drug-likeness (QED) is 0.792. The summed E-state index contributed by atoms with van der Waals surface area (Å²) in [4.78, 5) is 29.4. The Kier molecular flexibility index (Phi) is 6.39. The fourth-order valence-electron chi connectivity index (χ4n) is 4.24.